The Kier molecular flexibility index (Phi) is 3.26. The van der Waals surface area contributed by atoms with Crippen molar-refractivity contribution < 1.29 is 10.0 Å². The number of hydrogen-bond acceptors (Lipinski definition) is 1. The fraction of sp³-hybridized carbons (Fsp3) is 0.400. The molecule has 2 heteroatoms. The highest BCUT2D eigenvalue weighted by atomic mass is 16.3. The van der Waals surface area contributed by atoms with Crippen LogP contribution in [-0.4, -0.2) is 25.7 Å². The SMILES string of the molecule is C[NH+](C)CC(O)c1ccccc1. The topological polar surface area (TPSA) is 24.7 Å². The van der Waals surface area contributed by atoms with Gasteiger partial charge in [-0.3, -0.25) is 0 Å². The Labute approximate surface area is 73.4 Å². The van der Waals surface area contributed by atoms with Crippen LogP contribution in [0.25, 0.3) is 0 Å². The van der Waals surface area contributed by atoms with Gasteiger partial charge in [-0.05, 0) is 5.56 Å². The van der Waals surface area contributed by atoms with Gasteiger partial charge in [0.2, 0.25) is 0 Å². The molecule has 0 radical (unpaired) electrons. The van der Waals surface area contributed by atoms with Crippen molar-refractivity contribution in [3.8, 4) is 0 Å². The number of hydrogen-bond donors (Lipinski definition) is 2. The second kappa shape index (κ2) is 4.24. The Morgan fingerprint density at radius 3 is 2.33 bits per heavy atom. The molecule has 2 N–H and O–H groups in total. The van der Waals surface area contributed by atoms with Crippen molar-refractivity contribution in [3.05, 3.63) is 35.9 Å². The summed E-state index contributed by atoms with van der Waals surface area (Å²) in [4.78, 5) is 1.26. The summed E-state index contributed by atoms with van der Waals surface area (Å²) in [5, 5.41) is 9.67. The number of likely N-dealkylation sites (N-methyl/N-ethyl adjacent to an activating group) is 1. The summed E-state index contributed by atoms with van der Waals surface area (Å²) in [6.45, 7) is 0.754. The zero-order valence-corrected chi connectivity index (χ0v) is 7.62. The maximum absolute atomic E-state index is 9.67. The molecule has 12 heavy (non-hydrogen) atoms. The highest BCUT2D eigenvalue weighted by Crippen LogP contribution is 2.08. The van der Waals surface area contributed by atoms with Gasteiger partial charge in [-0.25, -0.2) is 0 Å². The van der Waals surface area contributed by atoms with Gasteiger partial charge in [0.25, 0.3) is 0 Å². The average molecular weight is 166 g/mol. The minimum Gasteiger partial charge on any atom is -0.382 e. The third-order valence-electron chi connectivity index (χ3n) is 1.79. The Morgan fingerprint density at radius 1 is 1.25 bits per heavy atom. The molecule has 0 spiro atoms. The number of aliphatic hydroxyl groups is 1. The molecule has 66 valence electrons. The van der Waals surface area contributed by atoms with E-state index in [1.165, 1.54) is 4.90 Å². The van der Waals surface area contributed by atoms with E-state index in [0.29, 0.717) is 0 Å². The standard InChI is InChI=1S/C10H15NO/c1-11(2)8-10(12)9-6-4-3-5-7-9/h3-7,10,12H,8H2,1-2H3/p+1. The van der Waals surface area contributed by atoms with Crippen LogP contribution in [0.1, 0.15) is 11.7 Å². The van der Waals surface area contributed by atoms with Crippen molar-refractivity contribution in [2.24, 2.45) is 0 Å². The first-order chi connectivity index (χ1) is 5.70. The fourth-order valence-electron chi connectivity index (χ4n) is 1.18. The molecular weight excluding hydrogens is 150 g/mol. The summed E-state index contributed by atoms with van der Waals surface area (Å²) in [5.74, 6) is 0. The van der Waals surface area contributed by atoms with E-state index >= 15 is 0 Å². The van der Waals surface area contributed by atoms with Gasteiger partial charge in [0, 0.05) is 0 Å². The zero-order valence-electron chi connectivity index (χ0n) is 7.62. The van der Waals surface area contributed by atoms with E-state index in [9.17, 15) is 5.11 Å². The molecule has 0 aliphatic rings. The minimum atomic E-state index is -0.337. The van der Waals surface area contributed by atoms with Crippen molar-refractivity contribution in [2.75, 3.05) is 20.6 Å². The predicted molar refractivity (Wildman–Crippen MR) is 49.1 cm³/mol. The summed E-state index contributed by atoms with van der Waals surface area (Å²) in [5.41, 5.74) is 0.999. The number of aliphatic hydroxyl groups excluding tert-OH is 1. The van der Waals surface area contributed by atoms with Crippen LogP contribution in [0.4, 0.5) is 0 Å². The molecule has 1 aromatic rings. The molecule has 0 aliphatic carbocycles. The van der Waals surface area contributed by atoms with Crippen molar-refractivity contribution >= 4 is 0 Å². The molecule has 0 heterocycles. The largest absolute Gasteiger partial charge is 0.382 e. The number of quaternary nitrogens is 1. The van der Waals surface area contributed by atoms with Crippen LogP contribution in [0.2, 0.25) is 0 Å². The van der Waals surface area contributed by atoms with Crippen molar-refractivity contribution in [1.29, 1.82) is 0 Å². The van der Waals surface area contributed by atoms with E-state index in [1.807, 2.05) is 44.4 Å². The van der Waals surface area contributed by atoms with Crippen LogP contribution in [0, 0.1) is 0 Å². The molecule has 1 unspecified atom stereocenters. The highest BCUT2D eigenvalue weighted by molar-refractivity contribution is 5.16. The Hall–Kier alpha value is -0.860. The van der Waals surface area contributed by atoms with Crippen LogP contribution in [0.5, 0.6) is 0 Å². The molecule has 0 fully saturated rings. The van der Waals surface area contributed by atoms with Gasteiger partial charge in [-0.1, -0.05) is 30.3 Å². The van der Waals surface area contributed by atoms with Crippen LogP contribution < -0.4 is 4.90 Å². The van der Waals surface area contributed by atoms with E-state index in [2.05, 4.69) is 0 Å². The molecular formula is C10H16NO+. The molecule has 1 rings (SSSR count). The predicted octanol–water partition coefficient (Wildman–Crippen LogP) is -0.135. The maximum atomic E-state index is 9.67. The Morgan fingerprint density at radius 2 is 1.83 bits per heavy atom. The molecule has 0 aromatic heterocycles. The van der Waals surface area contributed by atoms with Crippen molar-refractivity contribution in [3.63, 3.8) is 0 Å². The summed E-state index contributed by atoms with van der Waals surface area (Å²) in [7, 11) is 4.07. The smallest absolute Gasteiger partial charge is 0.128 e. The van der Waals surface area contributed by atoms with Gasteiger partial charge in [0.1, 0.15) is 12.6 Å². The number of nitrogens with one attached hydrogen (secondary N) is 1. The Balaban J connectivity index is 2.59. The minimum absolute atomic E-state index is 0.337. The third kappa shape index (κ3) is 2.64. The summed E-state index contributed by atoms with van der Waals surface area (Å²) in [6.07, 6.45) is -0.337. The fourth-order valence-corrected chi connectivity index (χ4v) is 1.18. The van der Waals surface area contributed by atoms with E-state index in [-0.39, 0.29) is 6.10 Å². The van der Waals surface area contributed by atoms with E-state index in [0.717, 1.165) is 12.1 Å². The molecule has 2 nitrogen and oxygen atoms in total. The molecule has 0 bridgehead atoms. The van der Waals surface area contributed by atoms with E-state index in [4.69, 9.17) is 0 Å². The molecule has 0 saturated carbocycles. The lowest BCUT2D eigenvalue weighted by Crippen LogP contribution is -3.06. The maximum Gasteiger partial charge on any atom is 0.128 e. The first kappa shape index (κ1) is 9.23. The molecule has 1 atom stereocenters. The number of benzene rings is 1. The van der Waals surface area contributed by atoms with Gasteiger partial charge in [0.05, 0.1) is 14.1 Å². The van der Waals surface area contributed by atoms with Gasteiger partial charge < -0.3 is 10.0 Å². The lowest BCUT2D eigenvalue weighted by Gasteiger charge is -2.13. The lowest BCUT2D eigenvalue weighted by atomic mass is 10.1. The first-order valence-electron chi connectivity index (χ1n) is 4.22. The van der Waals surface area contributed by atoms with Gasteiger partial charge in [-0.15, -0.1) is 0 Å². The normalized spacial score (nSPS) is 13.3. The van der Waals surface area contributed by atoms with Gasteiger partial charge in [-0.2, -0.15) is 0 Å². The van der Waals surface area contributed by atoms with Crippen LogP contribution >= 0.6 is 0 Å². The average Bonchev–Trinajstić information content (AvgIpc) is 2.05. The van der Waals surface area contributed by atoms with E-state index in [1.54, 1.807) is 0 Å². The van der Waals surface area contributed by atoms with Crippen molar-refractivity contribution in [1.82, 2.24) is 0 Å². The summed E-state index contributed by atoms with van der Waals surface area (Å²) >= 11 is 0. The zero-order chi connectivity index (χ0) is 8.97. The van der Waals surface area contributed by atoms with Gasteiger partial charge in [0.15, 0.2) is 0 Å². The summed E-state index contributed by atoms with van der Waals surface area (Å²) in [6, 6.07) is 9.76. The van der Waals surface area contributed by atoms with Crippen molar-refractivity contribution in [2.45, 2.75) is 6.10 Å². The van der Waals surface area contributed by atoms with Crippen LogP contribution in [-0.2, 0) is 0 Å². The third-order valence-corrected chi connectivity index (χ3v) is 1.79. The Bertz CT molecular complexity index is 221. The first-order valence-corrected chi connectivity index (χ1v) is 4.22. The molecule has 0 amide bonds. The second-order valence-corrected chi connectivity index (χ2v) is 3.34. The van der Waals surface area contributed by atoms with Crippen LogP contribution in [0.15, 0.2) is 30.3 Å². The lowest BCUT2D eigenvalue weighted by molar-refractivity contribution is -0.862. The molecule has 1 aromatic carbocycles. The monoisotopic (exact) mass is 166 g/mol. The van der Waals surface area contributed by atoms with Gasteiger partial charge >= 0.3 is 0 Å². The number of rotatable bonds is 3. The second-order valence-electron chi connectivity index (χ2n) is 3.34. The van der Waals surface area contributed by atoms with E-state index < -0.39 is 0 Å². The highest BCUT2D eigenvalue weighted by Gasteiger charge is 2.09. The quantitative estimate of drug-likeness (QED) is 0.642. The molecule has 0 saturated heterocycles. The van der Waals surface area contributed by atoms with Crippen LogP contribution in [0.3, 0.4) is 0 Å². The summed E-state index contributed by atoms with van der Waals surface area (Å²) < 4.78 is 0. The molecule has 0 aliphatic heterocycles.